The minimum absolute atomic E-state index is 0.281. The molecule has 32 heavy (non-hydrogen) atoms. The highest BCUT2D eigenvalue weighted by Crippen LogP contribution is 2.30. The number of halogens is 2. The molecule has 0 saturated carbocycles. The van der Waals surface area contributed by atoms with Crippen molar-refractivity contribution in [3.63, 3.8) is 0 Å². The van der Waals surface area contributed by atoms with Crippen LogP contribution in [0.3, 0.4) is 0 Å². The van der Waals surface area contributed by atoms with Crippen molar-refractivity contribution < 1.29 is 4.39 Å². The van der Waals surface area contributed by atoms with Gasteiger partial charge < -0.3 is 10.6 Å². The van der Waals surface area contributed by atoms with E-state index in [1.54, 1.807) is 12.1 Å². The van der Waals surface area contributed by atoms with E-state index in [1.165, 1.54) is 11.6 Å². The fraction of sp³-hybridized carbons (Fsp3) is 0.231. The number of nitrogens with one attached hydrogen (secondary N) is 2. The molecule has 3 aromatic carbocycles. The number of rotatable bonds is 6. The smallest absolute Gasteiger partial charge is 0.225 e. The molecule has 0 radical (unpaired) electrons. The van der Waals surface area contributed by atoms with E-state index < -0.39 is 0 Å². The Labute approximate surface area is 197 Å². The minimum Gasteiger partial charge on any atom is -0.350 e. The quantitative estimate of drug-likeness (QED) is 0.284. The predicted molar refractivity (Wildman–Crippen MR) is 136 cm³/mol. The van der Waals surface area contributed by atoms with Gasteiger partial charge in [-0.05, 0) is 63.3 Å². The maximum absolute atomic E-state index is 13.5. The molecule has 0 aliphatic heterocycles. The Morgan fingerprint density at radius 2 is 1.66 bits per heavy atom. The number of aromatic nitrogens is 2. The van der Waals surface area contributed by atoms with E-state index in [9.17, 15) is 4.39 Å². The molecule has 0 spiro atoms. The van der Waals surface area contributed by atoms with E-state index in [0.717, 1.165) is 28.0 Å². The van der Waals surface area contributed by atoms with Crippen LogP contribution in [0.25, 0.3) is 10.9 Å². The Morgan fingerprint density at radius 1 is 0.938 bits per heavy atom. The number of fused-ring (bicyclic) bond motifs is 1. The number of hydrogen-bond acceptors (Lipinski definition) is 4. The number of para-hydroxylation sites is 2. The molecular weight excluding hydrogens is 467 g/mol. The van der Waals surface area contributed by atoms with Crippen LogP contribution in [0.15, 0.2) is 71.2 Å². The van der Waals surface area contributed by atoms with Crippen molar-refractivity contribution in [1.29, 1.82) is 0 Å². The largest absolute Gasteiger partial charge is 0.350 e. The molecule has 1 aromatic heterocycles. The first-order valence-electron chi connectivity index (χ1n) is 10.8. The lowest BCUT2D eigenvalue weighted by atomic mass is 10.0. The molecule has 0 aliphatic rings. The third-order valence-corrected chi connectivity index (χ3v) is 5.48. The summed E-state index contributed by atoms with van der Waals surface area (Å²) in [6, 6.07) is 21.1. The molecule has 0 atom stereocenters. The second-order valence-electron chi connectivity index (χ2n) is 7.38. The molecule has 4 rings (SSSR count). The van der Waals surface area contributed by atoms with Crippen molar-refractivity contribution in [2.75, 3.05) is 10.6 Å². The average Bonchev–Trinajstić information content (AvgIpc) is 2.81. The zero-order valence-electron chi connectivity index (χ0n) is 18.8. The molecule has 166 valence electrons. The van der Waals surface area contributed by atoms with Crippen molar-refractivity contribution in [3.8, 4) is 0 Å². The summed E-state index contributed by atoms with van der Waals surface area (Å²) < 4.78 is 13.9. The van der Waals surface area contributed by atoms with Gasteiger partial charge in [-0.15, -0.1) is 0 Å². The standard InChI is InChI=1S/C24H22BrFN4.C2H6/c1-15(2)17-7-3-5-9-21(17)28-23-18-8-4-6-10-22(18)29-24(30-23)27-14-16-11-12-20(26)19(25)13-16;1-2/h3-13,15H,14H2,1-2H3,(H2,27,28,29,30);1-2H3. The zero-order valence-corrected chi connectivity index (χ0v) is 20.4. The summed E-state index contributed by atoms with van der Waals surface area (Å²) in [6.45, 7) is 8.83. The molecule has 2 N–H and O–H groups in total. The lowest BCUT2D eigenvalue weighted by Crippen LogP contribution is -2.07. The van der Waals surface area contributed by atoms with Gasteiger partial charge in [0.05, 0.1) is 9.99 Å². The third kappa shape index (κ3) is 5.62. The van der Waals surface area contributed by atoms with Crippen LogP contribution in [0, 0.1) is 5.82 Å². The highest BCUT2D eigenvalue weighted by atomic mass is 79.9. The fourth-order valence-corrected chi connectivity index (χ4v) is 3.75. The van der Waals surface area contributed by atoms with Gasteiger partial charge in [0.15, 0.2) is 0 Å². The van der Waals surface area contributed by atoms with Gasteiger partial charge in [-0.25, -0.2) is 9.37 Å². The van der Waals surface area contributed by atoms with Gasteiger partial charge in [0.1, 0.15) is 11.6 Å². The summed E-state index contributed by atoms with van der Waals surface area (Å²) >= 11 is 3.23. The van der Waals surface area contributed by atoms with E-state index in [-0.39, 0.29) is 5.82 Å². The fourth-order valence-electron chi connectivity index (χ4n) is 3.32. The number of hydrogen-bond donors (Lipinski definition) is 2. The Kier molecular flexibility index (Phi) is 8.17. The number of anilines is 3. The first-order valence-corrected chi connectivity index (χ1v) is 11.6. The van der Waals surface area contributed by atoms with Crippen molar-refractivity contribution in [2.45, 2.75) is 40.2 Å². The molecule has 0 bridgehead atoms. The highest BCUT2D eigenvalue weighted by Gasteiger charge is 2.11. The normalized spacial score (nSPS) is 10.6. The van der Waals surface area contributed by atoms with E-state index in [4.69, 9.17) is 4.98 Å². The van der Waals surface area contributed by atoms with E-state index in [1.807, 2.05) is 50.2 Å². The van der Waals surface area contributed by atoms with Crippen molar-refractivity contribution in [3.05, 3.63) is 88.1 Å². The average molecular weight is 495 g/mol. The first-order chi connectivity index (χ1) is 15.5. The van der Waals surface area contributed by atoms with E-state index in [2.05, 4.69) is 57.5 Å². The highest BCUT2D eigenvalue weighted by molar-refractivity contribution is 9.10. The summed E-state index contributed by atoms with van der Waals surface area (Å²) in [7, 11) is 0. The van der Waals surface area contributed by atoms with Crippen LogP contribution in [0.5, 0.6) is 0 Å². The van der Waals surface area contributed by atoms with Crippen LogP contribution in [-0.4, -0.2) is 9.97 Å². The molecule has 0 fully saturated rings. The number of nitrogens with zero attached hydrogens (tertiary/aromatic N) is 2. The molecule has 0 saturated heterocycles. The second-order valence-corrected chi connectivity index (χ2v) is 8.24. The van der Waals surface area contributed by atoms with Gasteiger partial charge in [-0.3, -0.25) is 0 Å². The first kappa shape index (κ1) is 23.7. The lowest BCUT2D eigenvalue weighted by Gasteiger charge is -2.16. The Morgan fingerprint density at radius 3 is 2.41 bits per heavy atom. The Bertz CT molecular complexity index is 1190. The molecule has 1 heterocycles. The minimum atomic E-state index is -0.281. The summed E-state index contributed by atoms with van der Waals surface area (Å²) in [5.41, 5.74) is 4.04. The monoisotopic (exact) mass is 494 g/mol. The van der Waals surface area contributed by atoms with Crippen LogP contribution in [0.4, 0.5) is 21.8 Å². The van der Waals surface area contributed by atoms with E-state index >= 15 is 0 Å². The van der Waals surface area contributed by atoms with Crippen molar-refractivity contribution in [1.82, 2.24) is 9.97 Å². The topological polar surface area (TPSA) is 49.8 Å². The molecule has 4 nitrogen and oxygen atoms in total. The second kappa shape index (κ2) is 11.0. The van der Waals surface area contributed by atoms with Gasteiger partial charge in [0, 0.05) is 17.6 Å². The van der Waals surface area contributed by atoms with Gasteiger partial charge in [0.2, 0.25) is 5.95 Å². The van der Waals surface area contributed by atoms with Crippen molar-refractivity contribution in [2.24, 2.45) is 0 Å². The Hall–Kier alpha value is -2.99. The molecular formula is C26H28BrFN4. The van der Waals surface area contributed by atoms with Crippen molar-refractivity contribution >= 4 is 44.3 Å². The summed E-state index contributed by atoms with van der Waals surface area (Å²) in [5, 5.41) is 7.71. The SMILES string of the molecule is CC.CC(C)c1ccccc1Nc1nc(NCc2ccc(F)c(Br)c2)nc2ccccc12. The molecule has 0 amide bonds. The number of benzene rings is 3. The Balaban J connectivity index is 0.00000141. The maximum Gasteiger partial charge on any atom is 0.225 e. The lowest BCUT2D eigenvalue weighted by molar-refractivity contribution is 0.620. The van der Waals surface area contributed by atoms with Gasteiger partial charge in [-0.2, -0.15) is 4.98 Å². The van der Waals surface area contributed by atoms with Crippen LogP contribution in [-0.2, 0) is 6.54 Å². The summed E-state index contributed by atoms with van der Waals surface area (Å²) in [5.74, 6) is 1.36. The van der Waals surface area contributed by atoms with Gasteiger partial charge in [-0.1, -0.05) is 64.1 Å². The third-order valence-electron chi connectivity index (χ3n) is 4.87. The molecule has 6 heteroatoms. The van der Waals surface area contributed by atoms with Crippen LogP contribution < -0.4 is 10.6 Å². The van der Waals surface area contributed by atoms with Gasteiger partial charge in [0.25, 0.3) is 0 Å². The maximum atomic E-state index is 13.5. The summed E-state index contributed by atoms with van der Waals surface area (Å²) in [4.78, 5) is 9.37. The summed E-state index contributed by atoms with van der Waals surface area (Å²) in [6.07, 6.45) is 0. The molecule has 0 aliphatic carbocycles. The zero-order chi connectivity index (χ0) is 23.1. The predicted octanol–water partition coefficient (Wildman–Crippen LogP) is 8.04. The molecule has 0 unspecified atom stereocenters. The van der Waals surface area contributed by atoms with Crippen LogP contribution in [0.1, 0.15) is 44.7 Å². The van der Waals surface area contributed by atoms with Crippen LogP contribution >= 0.6 is 15.9 Å². The van der Waals surface area contributed by atoms with Gasteiger partial charge >= 0.3 is 0 Å². The van der Waals surface area contributed by atoms with E-state index in [0.29, 0.717) is 22.9 Å². The molecule has 4 aromatic rings. The van der Waals surface area contributed by atoms with Crippen LogP contribution in [0.2, 0.25) is 0 Å².